The summed E-state index contributed by atoms with van der Waals surface area (Å²) in [7, 11) is 0. The third kappa shape index (κ3) is 4.87. The minimum Gasteiger partial charge on any atom is -0.465 e. The number of esters is 1. The van der Waals surface area contributed by atoms with Crippen molar-refractivity contribution in [3.05, 3.63) is 20.3 Å². The van der Waals surface area contributed by atoms with Crippen LogP contribution in [0.15, 0.2) is 6.07 Å². The maximum absolute atomic E-state index is 11.7. The van der Waals surface area contributed by atoms with Gasteiger partial charge in [-0.1, -0.05) is 23.2 Å². The van der Waals surface area contributed by atoms with Gasteiger partial charge in [0.05, 0.1) is 22.4 Å². The van der Waals surface area contributed by atoms with Crippen molar-refractivity contribution in [2.24, 2.45) is 0 Å². The quantitative estimate of drug-likeness (QED) is 0.595. The van der Waals surface area contributed by atoms with Gasteiger partial charge < -0.3 is 4.74 Å². The summed E-state index contributed by atoms with van der Waals surface area (Å²) in [4.78, 5) is 22.7. The Balaban J connectivity index is 2.40. The molecule has 0 saturated carbocycles. The highest BCUT2D eigenvalue weighted by Gasteiger charge is 2.14. The van der Waals surface area contributed by atoms with Crippen molar-refractivity contribution >= 4 is 58.1 Å². The average Bonchev–Trinajstić information content (AvgIpc) is 2.58. The molecule has 0 unspecified atom stereocenters. The number of carbonyl (C=O) groups excluding carboxylic acids is 2. The minimum atomic E-state index is -0.320. The number of thioether (sulfide) groups is 1. The van der Waals surface area contributed by atoms with Crippen LogP contribution in [-0.2, 0) is 9.53 Å². The molecule has 94 valence electrons. The van der Waals surface area contributed by atoms with Crippen LogP contribution in [0, 0.1) is 0 Å². The summed E-state index contributed by atoms with van der Waals surface area (Å²) in [6.07, 6.45) is 0. The molecule has 0 bridgehead atoms. The lowest BCUT2D eigenvalue weighted by Crippen LogP contribution is -2.09. The minimum absolute atomic E-state index is 0.132. The van der Waals surface area contributed by atoms with Crippen molar-refractivity contribution < 1.29 is 14.3 Å². The van der Waals surface area contributed by atoms with Crippen LogP contribution in [0.5, 0.6) is 0 Å². The summed E-state index contributed by atoms with van der Waals surface area (Å²) in [5.74, 6) is -0.104. The van der Waals surface area contributed by atoms with Crippen LogP contribution in [0.2, 0.25) is 8.67 Å². The molecule has 0 fully saturated rings. The zero-order chi connectivity index (χ0) is 12.8. The van der Waals surface area contributed by atoms with Crippen molar-refractivity contribution in [1.82, 2.24) is 0 Å². The Hall–Kier alpha value is -0.230. The Morgan fingerprint density at radius 3 is 2.65 bits per heavy atom. The van der Waals surface area contributed by atoms with Gasteiger partial charge >= 0.3 is 5.97 Å². The maximum Gasteiger partial charge on any atom is 0.315 e. The van der Waals surface area contributed by atoms with E-state index in [0.717, 1.165) is 11.3 Å². The van der Waals surface area contributed by atoms with Gasteiger partial charge in [0.25, 0.3) is 0 Å². The molecule has 0 amide bonds. The Kier molecular flexibility index (Phi) is 6.33. The summed E-state index contributed by atoms with van der Waals surface area (Å²) >= 11 is 13.9. The predicted molar refractivity (Wildman–Crippen MR) is 72.6 cm³/mol. The van der Waals surface area contributed by atoms with Crippen molar-refractivity contribution in [3.8, 4) is 0 Å². The van der Waals surface area contributed by atoms with Gasteiger partial charge in [0, 0.05) is 5.56 Å². The molecule has 0 aliphatic heterocycles. The number of ketones is 1. The number of Topliss-reactive ketones (excluding diaryl/α,β-unsaturated/α-hetero) is 1. The molecule has 0 aliphatic carbocycles. The molecule has 1 heterocycles. The normalized spacial score (nSPS) is 10.3. The second kappa shape index (κ2) is 7.26. The first-order valence-corrected chi connectivity index (χ1v) is 7.48. The van der Waals surface area contributed by atoms with E-state index < -0.39 is 0 Å². The van der Waals surface area contributed by atoms with Gasteiger partial charge in [0.1, 0.15) is 4.34 Å². The third-order valence-corrected chi connectivity index (χ3v) is 4.11. The lowest BCUT2D eigenvalue weighted by molar-refractivity contribution is -0.139. The summed E-state index contributed by atoms with van der Waals surface area (Å²) in [6, 6.07) is 1.54. The van der Waals surface area contributed by atoms with Gasteiger partial charge in [0.2, 0.25) is 0 Å². The monoisotopic (exact) mass is 312 g/mol. The number of hydrogen-bond donors (Lipinski definition) is 0. The smallest absolute Gasteiger partial charge is 0.315 e. The summed E-state index contributed by atoms with van der Waals surface area (Å²) in [6.45, 7) is 2.08. The SMILES string of the molecule is CCOC(=O)CSCC(=O)c1cc(Cl)sc1Cl. The lowest BCUT2D eigenvalue weighted by atomic mass is 10.2. The van der Waals surface area contributed by atoms with Gasteiger partial charge in [0.15, 0.2) is 5.78 Å². The lowest BCUT2D eigenvalue weighted by Gasteiger charge is -2.01. The van der Waals surface area contributed by atoms with E-state index in [4.69, 9.17) is 27.9 Å². The fraction of sp³-hybridized carbons (Fsp3) is 0.400. The summed E-state index contributed by atoms with van der Waals surface area (Å²) in [5.41, 5.74) is 0.415. The standard InChI is InChI=1S/C10H10Cl2O3S2/c1-2-15-9(14)5-16-4-7(13)6-3-8(11)17-10(6)12/h3H,2,4-5H2,1H3. The Morgan fingerprint density at radius 2 is 2.12 bits per heavy atom. The largest absolute Gasteiger partial charge is 0.465 e. The zero-order valence-electron chi connectivity index (χ0n) is 9.00. The molecule has 0 atom stereocenters. The molecular weight excluding hydrogens is 303 g/mol. The number of halogens is 2. The van der Waals surface area contributed by atoms with Crippen LogP contribution in [0.4, 0.5) is 0 Å². The molecule has 0 N–H and O–H groups in total. The van der Waals surface area contributed by atoms with E-state index in [2.05, 4.69) is 0 Å². The first kappa shape index (κ1) is 14.8. The maximum atomic E-state index is 11.7. The first-order chi connectivity index (χ1) is 8.04. The van der Waals surface area contributed by atoms with Crippen LogP contribution >= 0.6 is 46.3 Å². The van der Waals surface area contributed by atoms with Crippen LogP contribution < -0.4 is 0 Å². The predicted octanol–water partition coefficient (Wildman–Crippen LogP) is 3.53. The molecule has 1 aromatic rings. The van der Waals surface area contributed by atoms with E-state index in [9.17, 15) is 9.59 Å². The molecule has 3 nitrogen and oxygen atoms in total. The van der Waals surface area contributed by atoms with Gasteiger partial charge in [-0.2, -0.15) is 0 Å². The van der Waals surface area contributed by atoms with E-state index in [1.54, 1.807) is 13.0 Å². The van der Waals surface area contributed by atoms with E-state index in [1.165, 1.54) is 11.8 Å². The van der Waals surface area contributed by atoms with E-state index >= 15 is 0 Å². The molecule has 0 aromatic carbocycles. The number of ether oxygens (including phenoxy) is 1. The Labute approximate surface area is 117 Å². The van der Waals surface area contributed by atoms with Crippen molar-refractivity contribution in [3.63, 3.8) is 0 Å². The molecular formula is C10H10Cl2O3S2. The van der Waals surface area contributed by atoms with Gasteiger partial charge in [-0.05, 0) is 13.0 Å². The first-order valence-electron chi connectivity index (χ1n) is 4.76. The third-order valence-electron chi connectivity index (χ3n) is 1.72. The van der Waals surface area contributed by atoms with Crippen LogP contribution in [0.1, 0.15) is 17.3 Å². The summed E-state index contributed by atoms with van der Waals surface area (Å²) in [5, 5.41) is 0. The molecule has 0 spiro atoms. The molecule has 0 radical (unpaired) electrons. The fourth-order valence-electron chi connectivity index (χ4n) is 1.04. The molecule has 1 rings (SSSR count). The van der Waals surface area contributed by atoms with Crippen LogP contribution in [0.25, 0.3) is 0 Å². The highest BCUT2D eigenvalue weighted by atomic mass is 35.5. The van der Waals surface area contributed by atoms with Crippen molar-refractivity contribution in [2.45, 2.75) is 6.92 Å². The number of hydrogen-bond acceptors (Lipinski definition) is 5. The van der Waals surface area contributed by atoms with E-state index in [-0.39, 0.29) is 23.3 Å². The van der Waals surface area contributed by atoms with Gasteiger partial charge in [-0.25, -0.2) is 0 Å². The van der Waals surface area contributed by atoms with E-state index in [0.29, 0.717) is 20.8 Å². The Bertz CT molecular complexity index is 418. The van der Waals surface area contributed by atoms with Crippen LogP contribution in [-0.4, -0.2) is 29.9 Å². The highest BCUT2D eigenvalue weighted by Crippen LogP contribution is 2.31. The zero-order valence-corrected chi connectivity index (χ0v) is 12.1. The molecule has 17 heavy (non-hydrogen) atoms. The topological polar surface area (TPSA) is 43.4 Å². The molecule has 1 aromatic heterocycles. The summed E-state index contributed by atoms with van der Waals surface area (Å²) < 4.78 is 5.61. The van der Waals surface area contributed by atoms with Crippen molar-refractivity contribution in [1.29, 1.82) is 0 Å². The highest BCUT2D eigenvalue weighted by molar-refractivity contribution is 8.00. The van der Waals surface area contributed by atoms with Crippen LogP contribution in [0.3, 0.4) is 0 Å². The fourth-order valence-corrected chi connectivity index (χ4v) is 3.23. The molecule has 0 saturated heterocycles. The number of rotatable bonds is 6. The molecule has 0 aliphatic rings. The second-order valence-corrected chi connectivity index (χ2v) is 6.23. The van der Waals surface area contributed by atoms with E-state index in [1.807, 2.05) is 0 Å². The van der Waals surface area contributed by atoms with Crippen molar-refractivity contribution in [2.75, 3.05) is 18.1 Å². The number of carbonyl (C=O) groups is 2. The number of thiophene rings is 1. The molecule has 7 heteroatoms. The Morgan fingerprint density at radius 1 is 1.41 bits per heavy atom. The second-order valence-electron chi connectivity index (χ2n) is 2.96. The van der Waals surface area contributed by atoms with Gasteiger partial charge in [-0.3, -0.25) is 9.59 Å². The van der Waals surface area contributed by atoms with Gasteiger partial charge in [-0.15, -0.1) is 23.1 Å². The average molecular weight is 313 g/mol.